The lowest BCUT2D eigenvalue weighted by Crippen LogP contribution is -2.21. The quantitative estimate of drug-likeness (QED) is 0.749. The number of anilines is 1. The van der Waals surface area contributed by atoms with E-state index in [4.69, 9.17) is 0 Å². The van der Waals surface area contributed by atoms with Gasteiger partial charge in [0.1, 0.15) is 5.56 Å². The highest BCUT2D eigenvalue weighted by Gasteiger charge is 2.24. The van der Waals surface area contributed by atoms with Gasteiger partial charge in [0.25, 0.3) is 5.56 Å². The smallest absolute Gasteiger partial charge is 0.277 e. The second-order valence-electron chi connectivity index (χ2n) is 6.12. The maximum atomic E-state index is 12.9. The SMILES string of the molecule is C.CCCNc1c(S(C)(=O)=O)ccc(C(=O)c2c(C)[nH]n(C)c2=O)c1C. The fourth-order valence-electron chi connectivity index (χ4n) is 2.80. The molecule has 0 atom stereocenters. The van der Waals surface area contributed by atoms with E-state index in [1.165, 1.54) is 16.8 Å². The van der Waals surface area contributed by atoms with Crippen molar-refractivity contribution in [3.63, 3.8) is 0 Å². The van der Waals surface area contributed by atoms with Crippen molar-refractivity contribution >= 4 is 21.3 Å². The molecule has 1 aromatic carbocycles. The van der Waals surface area contributed by atoms with Crippen LogP contribution in [0.5, 0.6) is 0 Å². The zero-order valence-corrected chi connectivity index (χ0v) is 15.9. The Balaban J connectivity index is 0.00000338. The van der Waals surface area contributed by atoms with Gasteiger partial charge in [-0.05, 0) is 38.0 Å². The molecule has 2 N–H and O–H groups in total. The van der Waals surface area contributed by atoms with Crippen molar-refractivity contribution in [1.29, 1.82) is 0 Å². The number of hydrogen-bond acceptors (Lipinski definition) is 5. The summed E-state index contributed by atoms with van der Waals surface area (Å²) in [5.41, 5.74) is 1.39. The summed E-state index contributed by atoms with van der Waals surface area (Å²) in [4.78, 5) is 25.2. The summed E-state index contributed by atoms with van der Waals surface area (Å²) in [5, 5.41) is 5.90. The molecule has 0 saturated carbocycles. The maximum Gasteiger partial charge on any atom is 0.277 e. The van der Waals surface area contributed by atoms with E-state index in [-0.39, 0.29) is 17.9 Å². The number of nitrogens with zero attached hydrogens (tertiary/aromatic N) is 1. The number of aryl methyl sites for hydroxylation is 2. The highest BCUT2D eigenvalue weighted by Crippen LogP contribution is 2.29. The molecular weight excluding hydrogens is 354 g/mol. The lowest BCUT2D eigenvalue weighted by Gasteiger charge is -2.16. The molecule has 8 heteroatoms. The van der Waals surface area contributed by atoms with Gasteiger partial charge >= 0.3 is 0 Å². The molecule has 1 heterocycles. The van der Waals surface area contributed by atoms with Gasteiger partial charge in [0, 0.05) is 31.1 Å². The number of carbonyl (C=O) groups is 1. The van der Waals surface area contributed by atoms with Crippen LogP contribution in [0.15, 0.2) is 21.8 Å². The van der Waals surface area contributed by atoms with Crippen LogP contribution in [0.3, 0.4) is 0 Å². The summed E-state index contributed by atoms with van der Waals surface area (Å²) in [6.07, 6.45) is 1.94. The largest absolute Gasteiger partial charge is 0.384 e. The predicted molar refractivity (Wildman–Crippen MR) is 104 cm³/mol. The topological polar surface area (TPSA) is 101 Å². The van der Waals surface area contributed by atoms with Crippen LogP contribution in [0, 0.1) is 13.8 Å². The molecule has 0 aliphatic carbocycles. The van der Waals surface area contributed by atoms with E-state index in [1.807, 2.05) is 6.92 Å². The number of carbonyl (C=O) groups excluding carboxylic acids is 1. The lowest BCUT2D eigenvalue weighted by molar-refractivity contribution is 0.103. The molecule has 0 aliphatic heterocycles. The number of sulfone groups is 1. The Bertz CT molecular complexity index is 985. The normalized spacial score (nSPS) is 11.1. The van der Waals surface area contributed by atoms with Crippen LogP contribution in [-0.2, 0) is 16.9 Å². The number of nitrogens with one attached hydrogen (secondary N) is 2. The van der Waals surface area contributed by atoms with Crippen LogP contribution in [0.1, 0.15) is 48.0 Å². The summed E-state index contributed by atoms with van der Waals surface area (Å²) < 4.78 is 25.3. The molecule has 1 aromatic heterocycles. The zero-order valence-electron chi connectivity index (χ0n) is 15.1. The van der Waals surface area contributed by atoms with Gasteiger partial charge in [-0.2, -0.15) is 0 Å². The molecule has 0 fully saturated rings. The summed E-state index contributed by atoms with van der Waals surface area (Å²) in [7, 11) is -1.91. The highest BCUT2D eigenvalue weighted by atomic mass is 32.2. The second kappa shape index (κ2) is 7.90. The van der Waals surface area contributed by atoms with Crippen LogP contribution in [0.4, 0.5) is 5.69 Å². The third kappa shape index (κ3) is 3.90. The molecule has 7 nitrogen and oxygen atoms in total. The first kappa shape index (κ1) is 21.7. The Kier molecular flexibility index (Phi) is 6.59. The number of aromatic amines is 1. The van der Waals surface area contributed by atoms with Gasteiger partial charge in [0.05, 0.1) is 10.6 Å². The summed E-state index contributed by atoms with van der Waals surface area (Å²) in [5.74, 6) is -0.420. The number of hydrogen-bond donors (Lipinski definition) is 2. The molecule has 0 spiro atoms. The average molecular weight is 381 g/mol. The first-order chi connectivity index (χ1) is 11.6. The fraction of sp³-hybridized carbons (Fsp3) is 0.444. The van der Waals surface area contributed by atoms with Crippen molar-refractivity contribution in [2.45, 2.75) is 39.5 Å². The number of rotatable bonds is 6. The summed E-state index contributed by atoms with van der Waals surface area (Å²) >= 11 is 0. The van der Waals surface area contributed by atoms with Crippen LogP contribution >= 0.6 is 0 Å². The standard InChI is InChI=1S/C17H23N3O4S.CH4/c1-6-9-18-15-10(2)12(7-8-13(15)25(5,23)24)16(21)14-11(3)19-20(4)17(14)22;/h7-8,18-19H,6,9H2,1-5H3;1H4. The van der Waals surface area contributed by atoms with Gasteiger partial charge in [-0.15, -0.1) is 0 Å². The number of H-pyrrole nitrogens is 1. The predicted octanol–water partition coefficient (Wildman–Crippen LogP) is 2.42. The second-order valence-corrected chi connectivity index (χ2v) is 8.10. The first-order valence-corrected chi connectivity index (χ1v) is 9.86. The molecule has 0 saturated heterocycles. The highest BCUT2D eigenvalue weighted by molar-refractivity contribution is 7.90. The Morgan fingerprint density at radius 3 is 2.35 bits per heavy atom. The Morgan fingerprint density at radius 1 is 1.27 bits per heavy atom. The monoisotopic (exact) mass is 381 g/mol. The third-order valence-corrected chi connectivity index (χ3v) is 5.22. The van der Waals surface area contributed by atoms with Gasteiger partial charge in [-0.25, -0.2) is 8.42 Å². The minimum atomic E-state index is -3.45. The minimum Gasteiger partial charge on any atom is -0.384 e. The van der Waals surface area contributed by atoms with Crippen molar-refractivity contribution in [2.24, 2.45) is 7.05 Å². The van der Waals surface area contributed by atoms with E-state index in [0.29, 0.717) is 29.1 Å². The maximum absolute atomic E-state index is 12.9. The van der Waals surface area contributed by atoms with Crippen molar-refractivity contribution in [2.75, 3.05) is 18.1 Å². The molecule has 0 unspecified atom stereocenters. The van der Waals surface area contributed by atoms with Crippen molar-refractivity contribution in [3.8, 4) is 0 Å². The molecule has 0 amide bonds. The van der Waals surface area contributed by atoms with E-state index in [1.54, 1.807) is 20.9 Å². The molecule has 144 valence electrons. The van der Waals surface area contributed by atoms with E-state index >= 15 is 0 Å². The van der Waals surface area contributed by atoms with Crippen LogP contribution < -0.4 is 10.9 Å². The molecule has 2 rings (SSSR count). The van der Waals surface area contributed by atoms with E-state index in [2.05, 4.69) is 10.4 Å². The Labute approximate surface area is 154 Å². The van der Waals surface area contributed by atoms with Gasteiger partial charge < -0.3 is 5.32 Å². The van der Waals surface area contributed by atoms with Crippen LogP contribution in [0.2, 0.25) is 0 Å². The molecule has 2 aromatic rings. The number of ketones is 1. The average Bonchev–Trinajstić information content (AvgIpc) is 2.77. The lowest BCUT2D eigenvalue weighted by atomic mass is 9.98. The minimum absolute atomic E-state index is 0. The van der Waals surface area contributed by atoms with Crippen LogP contribution in [0.25, 0.3) is 0 Å². The molecule has 0 aliphatic rings. The molecule has 26 heavy (non-hydrogen) atoms. The Hall–Kier alpha value is -2.35. The van der Waals surface area contributed by atoms with Crippen LogP contribution in [-0.4, -0.2) is 36.8 Å². The molecule has 0 bridgehead atoms. The summed E-state index contributed by atoms with van der Waals surface area (Å²) in [6.45, 7) is 5.88. The van der Waals surface area contributed by atoms with Crippen molar-refractivity contribution in [3.05, 3.63) is 44.9 Å². The Morgan fingerprint density at radius 2 is 1.88 bits per heavy atom. The van der Waals surface area contributed by atoms with Gasteiger partial charge in [0.15, 0.2) is 9.84 Å². The number of aromatic nitrogens is 2. The van der Waals surface area contributed by atoms with Crippen molar-refractivity contribution < 1.29 is 13.2 Å². The van der Waals surface area contributed by atoms with E-state index in [0.717, 1.165) is 12.7 Å². The molecular formula is C18H27N3O4S. The van der Waals surface area contributed by atoms with Gasteiger partial charge in [-0.1, -0.05) is 14.4 Å². The first-order valence-electron chi connectivity index (χ1n) is 7.97. The van der Waals surface area contributed by atoms with Gasteiger partial charge in [-0.3, -0.25) is 19.4 Å². The van der Waals surface area contributed by atoms with Crippen molar-refractivity contribution in [1.82, 2.24) is 9.78 Å². The van der Waals surface area contributed by atoms with E-state index < -0.39 is 21.2 Å². The fourth-order valence-corrected chi connectivity index (χ4v) is 3.71. The number of benzene rings is 1. The van der Waals surface area contributed by atoms with E-state index in [9.17, 15) is 18.0 Å². The molecule has 0 radical (unpaired) electrons. The third-order valence-electron chi connectivity index (χ3n) is 4.08. The summed E-state index contributed by atoms with van der Waals surface area (Å²) in [6, 6.07) is 2.89. The zero-order chi connectivity index (χ0) is 18.9. The van der Waals surface area contributed by atoms with Gasteiger partial charge in [0.2, 0.25) is 5.78 Å².